The third-order valence-electron chi connectivity index (χ3n) is 2.38. The van der Waals surface area contributed by atoms with Gasteiger partial charge in [0.25, 0.3) is 0 Å². The SMILES string of the molecule is CCCOC(CC)CC(C)CC. The molecule has 1 nitrogen and oxygen atoms in total. The fraction of sp³-hybridized carbons (Fsp3) is 1.00. The number of hydrogen-bond donors (Lipinski definition) is 0. The highest BCUT2D eigenvalue weighted by molar-refractivity contribution is 4.60. The van der Waals surface area contributed by atoms with Crippen molar-refractivity contribution in [1.29, 1.82) is 0 Å². The average molecular weight is 172 g/mol. The summed E-state index contributed by atoms with van der Waals surface area (Å²) in [4.78, 5) is 0. The van der Waals surface area contributed by atoms with E-state index >= 15 is 0 Å². The van der Waals surface area contributed by atoms with Gasteiger partial charge in [0.2, 0.25) is 0 Å². The highest BCUT2D eigenvalue weighted by Gasteiger charge is 2.09. The summed E-state index contributed by atoms with van der Waals surface area (Å²) in [7, 11) is 0. The lowest BCUT2D eigenvalue weighted by atomic mass is 10.00. The smallest absolute Gasteiger partial charge is 0.0575 e. The van der Waals surface area contributed by atoms with Gasteiger partial charge in [0, 0.05) is 6.61 Å². The van der Waals surface area contributed by atoms with E-state index in [1.54, 1.807) is 0 Å². The molecule has 0 aromatic carbocycles. The van der Waals surface area contributed by atoms with E-state index in [9.17, 15) is 0 Å². The minimum Gasteiger partial charge on any atom is -0.378 e. The van der Waals surface area contributed by atoms with Crippen LogP contribution in [0.2, 0.25) is 0 Å². The maximum absolute atomic E-state index is 5.71. The Hall–Kier alpha value is -0.0400. The van der Waals surface area contributed by atoms with E-state index in [0.29, 0.717) is 6.10 Å². The van der Waals surface area contributed by atoms with Gasteiger partial charge in [-0.3, -0.25) is 0 Å². The third-order valence-corrected chi connectivity index (χ3v) is 2.38. The van der Waals surface area contributed by atoms with Crippen molar-refractivity contribution in [2.45, 2.75) is 59.5 Å². The van der Waals surface area contributed by atoms with E-state index in [1.807, 2.05) is 0 Å². The summed E-state index contributed by atoms with van der Waals surface area (Å²) in [6.45, 7) is 9.85. The van der Waals surface area contributed by atoms with Crippen LogP contribution in [-0.4, -0.2) is 12.7 Å². The molecule has 0 aliphatic heterocycles. The Labute approximate surface area is 77.5 Å². The molecule has 2 unspecified atom stereocenters. The van der Waals surface area contributed by atoms with Gasteiger partial charge in [0.15, 0.2) is 0 Å². The molecular weight excluding hydrogens is 148 g/mol. The van der Waals surface area contributed by atoms with Crippen LogP contribution in [0.3, 0.4) is 0 Å². The number of ether oxygens (including phenoxy) is 1. The van der Waals surface area contributed by atoms with Crippen LogP contribution in [0.1, 0.15) is 53.4 Å². The van der Waals surface area contributed by atoms with Gasteiger partial charge in [-0.05, 0) is 25.2 Å². The van der Waals surface area contributed by atoms with Crippen LogP contribution in [0, 0.1) is 5.92 Å². The molecule has 0 aliphatic carbocycles. The fourth-order valence-corrected chi connectivity index (χ4v) is 1.25. The van der Waals surface area contributed by atoms with Gasteiger partial charge in [-0.25, -0.2) is 0 Å². The normalized spacial score (nSPS) is 16.0. The molecule has 0 aromatic rings. The lowest BCUT2D eigenvalue weighted by Gasteiger charge is -2.18. The Morgan fingerprint density at radius 2 is 1.75 bits per heavy atom. The molecule has 74 valence electrons. The molecule has 0 aromatic heterocycles. The lowest BCUT2D eigenvalue weighted by Crippen LogP contribution is -2.15. The summed E-state index contributed by atoms with van der Waals surface area (Å²) in [6, 6.07) is 0. The molecule has 0 aliphatic rings. The van der Waals surface area contributed by atoms with Gasteiger partial charge in [0.1, 0.15) is 0 Å². The fourth-order valence-electron chi connectivity index (χ4n) is 1.25. The summed E-state index contributed by atoms with van der Waals surface area (Å²) in [5, 5.41) is 0. The second kappa shape index (κ2) is 7.60. The molecule has 0 rings (SSSR count). The van der Waals surface area contributed by atoms with Crippen LogP contribution >= 0.6 is 0 Å². The van der Waals surface area contributed by atoms with Gasteiger partial charge >= 0.3 is 0 Å². The largest absolute Gasteiger partial charge is 0.378 e. The number of rotatable bonds is 7. The third kappa shape index (κ3) is 5.59. The first-order valence-corrected chi connectivity index (χ1v) is 5.36. The summed E-state index contributed by atoms with van der Waals surface area (Å²) >= 11 is 0. The molecule has 0 amide bonds. The first kappa shape index (κ1) is 12.0. The highest BCUT2D eigenvalue weighted by atomic mass is 16.5. The highest BCUT2D eigenvalue weighted by Crippen LogP contribution is 2.14. The number of hydrogen-bond acceptors (Lipinski definition) is 1. The second-order valence-electron chi connectivity index (χ2n) is 3.65. The molecule has 0 spiro atoms. The molecule has 1 heteroatoms. The minimum atomic E-state index is 0.500. The maximum Gasteiger partial charge on any atom is 0.0575 e. The maximum atomic E-state index is 5.71. The van der Waals surface area contributed by atoms with E-state index in [2.05, 4.69) is 27.7 Å². The molecular formula is C11H24O. The van der Waals surface area contributed by atoms with E-state index in [-0.39, 0.29) is 0 Å². The summed E-state index contributed by atoms with van der Waals surface area (Å²) < 4.78 is 5.71. The molecule has 0 radical (unpaired) electrons. The zero-order valence-corrected chi connectivity index (χ0v) is 9.10. The molecule has 0 heterocycles. The monoisotopic (exact) mass is 172 g/mol. The van der Waals surface area contributed by atoms with Crippen LogP contribution in [0.25, 0.3) is 0 Å². The van der Waals surface area contributed by atoms with Crippen molar-refractivity contribution in [3.05, 3.63) is 0 Å². The first-order chi connectivity index (χ1) is 5.74. The van der Waals surface area contributed by atoms with Crippen molar-refractivity contribution in [1.82, 2.24) is 0 Å². The Morgan fingerprint density at radius 1 is 1.08 bits per heavy atom. The lowest BCUT2D eigenvalue weighted by molar-refractivity contribution is 0.0353. The Balaban J connectivity index is 3.51. The first-order valence-electron chi connectivity index (χ1n) is 5.36. The Bertz CT molecular complexity index is 91.0. The predicted octanol–water partition coefficient (Wildman–Crippen LogP) is 3.63. The quantitative estimate of drug-likeness (QED) is 0.570. The van der Waals surface area contributed by atoms with Crippen LogP contribution in [-0.2, 0) is 4.74 Å². The topological polar surface area (TPSA) is 9.23 Å². The Kier molecular flexibility index (Phi) is 7.58. The van der Waals surface area contributed by atoms with Crippen molar-refractivity contribution < 1.29 is 4.74 Å². The summed E-state index contributed by atoms with van der Waals surface area (Å²) in [6.07, 6.45) is 5.29. The Morgan fingerprint density at radius 3 is 2.17 bits per heavy atom. The van der Waals surface area contributed by atoms with Gasteiger partial charge in [-0.1, -0.05) is 34.1 Å². The van der Waals surface area contributed by atoms with Crippen molar-refractivity contribution in [2.24, 2.45) is 5.92 Å². The minimum absolute atomic E-state index is 0.500. The summed E-state index contributed by atoms with van der Waals surface area (Å²) in [5.74, 6) is 0.812. The van der Waals surface area contributed by atoms with E-state index in [1.165, 1.54) is 12.8 Å². The van der Waals surface area contributed by atoms with Gasteiger partial charge in [-0.2, -0.15) is 0 Å². The van der Waals surface area contributed by atoms with Crippen LogP contribution in [0.4, 0.5) is 0 Å². The molecule has 0 saturated heterocycles. The molecule has 0 fully saturated rings. The van der Waals surface area contributed by atoms with E-state index < -0.39 is 0 Å². The average Bonchev–Trinajstić information content (AvgIpc) is 2.11. The second-order valence-corrected chi connectivity index (χ2v) is 3.65. The zero-order valence-electron chi connectivity index (χ0n) is 9.10. The van der Waals surface area contributed by atoms with Gasteiger partial charge in [0.05, 0.1) is 6.10 Å². The molecule has 0 N–H and O–H groups in total. The van der Waals surface area contributed by atoms with E-state index in [0.717, 1.165) is 25.4 Å². The van der Waals surface area contributed by atoms with Gasteiger partial charge < -0.3 is 4.74 Å². The van der Waals surface area contributed by atoms with Crippen molar-refractivity contribution in [2.75, 3.05) is 6.61 Å². The zero-order chi connectivity index (χ0) is 9.40. The molecule has 2 atom stereocenters. The molecule has 12 heavy (non-hydrogen) atoms. The van der Waals surface area contributed by atoms with Crippen molar-refractivity contribution >= 4 is 0 Å². The van der Waals surface area contributed by atoms with Crippen molar-refractivity contribution in [3.8, 4) is 0 Å². The standard InChI is InChI=1S/C11H24O/c1-5-8-12-11(7-3)9-10(4)6-2/h10-11H,5-9H2,1-4H3. The van der Waals surface area contributed by atoms with Crippen molar-refractivity contribution in [3.63, 3.8) is 0 Å². The summed E-state index contributed by atoms with van der Waals surface area (Å²) in [5.41, 5.74) is 0. The van der Waals surface area contributed by atoms with Gasteiger partial charge in [-0.15, -0.1) is 0 Å². The predicted molar refractivity (Wildman–Crippen MR) is 54.4 cm³/mol. The molecule has 0 bridgehead atoms. The van der Waals surface area contributed by atoms with Crippen LogP contribution in [0.5, 0.6) is 0 Å². The van der Waals surface area contributed by atoms with E-state index in [4.69, 9.17) is 4.74 Å². The van der Waals surface area contributed by atoms with Crippen LogP contribution in [0.15, 0.2) is 0 Å². The molecule has 0 saturated carbocycles. The van der Waals surface area contributed by atoms with Crippen LogP contribution < -0.4 is 0 Å².